The van der Waals surface area contributed by atoms with Crippen LogP contribution in [-0.2, 0) is 19.2 Å². The number of carbonyl (C=O) groups is 5. The summed E-state index contributed by atoms with van der Waals surface area (Å²) < 4.78 is 0. The summed E-state index contributed by atoms with van der Waals surface area (Å²) in [7, 11) is 0. The lowest BCUT2D eigenvalue weighted by Crippen LogP contribution is -2.54. The highest BCUT2D eigenvalue weighted by molar-refractivity contribution is 6.27. The molecule has 42 heavy (non-hydrogen) atoms. The Morgan fingerprint density at radius 3 is 1.62 bits per heavy atom. The van der Waals surface area contributed by atoms with E-state index in [0.29, 0.717) is 30.0 Å². The molecule has 0 spiro atoms. The molecule has 1 aromatic rings. The number of nitrogens with one attached hydrogen (secondary N) is 1. The fourth-order valence-corrected chi connectivity index (χ4v) is 5.60. The van der Waals surface area contributed by atoms with Crippen molar-refractivity contribution in [2.45, 2.75) is 97.1 Å². The van der Waals surface area contributed by atoms with Crippen molar-refractivity contribution in [3.63, 3.8) is 0 Å². The Bertz CT molecular complexity index is 987. The molecule has 2 saturated carbocycles. The quantitative estimate of drug-likeness (QED) is 0.274. The lowest BCUT2D eigenvalue weighted by molar-refractivity contribution is -0.159. The van der Waals surface area contributed by atoms with Crippen molar-refractivity contribution in [1.29, 1.82) is 0 Å². The smallest absolute Gasteiger partial charge is 0.414 e. The van der Waals surface area contributed by atoms with Crippen molar-refractivity contribution < 1.29 is 39.7 Å². The van der Waals surface area contributed by atoms with Crippen LogP contribution in [-0.4, -0.2) is 98.4 Å². The molecule has 5 N–H and O–H groups in total. The van der Waals surface area contributed by atoms with E-state index in [9.17, 15) is 14.4 Å². The molecule has 0 heterocycles. The van der Waals surface area contributed by atoms with Gasteiger partial charge in [0.15, 0.2) is 0 Å². The molecule has 1 aromatic carbocycles. The van der Waals surface area contributed by atoms with Gasteiger partial charge in [0.1, 0.15) is 6.54 Å². The monoisotopic (exact) mass is 592 g/mol. The molecular formula is C30H48N4O8. The van der Waals surface area contributed by atoms with Crippen LogP contribution in [0.3, 0.4) is 0 Å². The van der Waals surface area contributed by atoms with Gasteiger partial charge in [-0.1, -0.05) is 52.4 Å². The normalized spacial score (nSPS) is 15.4. The van der Waals surface area contributed by atoms with Crippen LogP contribution in [0.4, 0.5) is 5.69 Å². The maximum Gasteiger partial charge on any atom is 0.414 e. The van der Waals surface area contributed by atoms with Crippen molar-refractivity contribution in [2.75, 3.05) is 31.6 Å². The number of nitrogens with zero attached hydrogens (tertiary/aromatic N) is 3. The van der Waals surface area contributed by atoms with Gasteiger partial charge in [0, 0.05) is 30.3 Å². The predicted octanol–water partition coefficient (Wildman–Crippen LogP) is 3.21. The second-order valence-electron chi connectivity index (χ2n) is 10.7. The first kappa shape index (κ1) is 36.5. The summed E-state index contributed by atoms with van der Waals surface area (Å²) in [5.41, 5.74) is 1.18. The molecule has 3 rings (SSSR count). The van der Waals surface area contributed by atoms with Gasteiger partial charge in [0.2, 0.25) is 11.8 Å². The van der Waals surface area contributed by atoms with Crippen LogP contribution in [0.1, 0.15) is 95.3 Å². The molecule has 0 saturated heterocycles. The second kappa shape index (κ2) is 18.8. The minimum Gasteiger partial charge on any atom is -0.473 e. The van der Waals surface area contributed by atoms with Gasteiger partial charge in [-0.05, 0) is 63.0 Å². The third kappa shape index (κ3) is 11.8. The Morgan fingerprint density at radius 2 is 1.24 bits per heavy atom. The van der Waals surface area contributed by atoms with Crippen LogP contribution in [0.5, 0.6) is 0 Å². The summed E-state index contributed by atoms with van der Waals surface area (Å²) in [6, 6.07) is 7.55. The molecule has 236 valence electrons. The molecule has 0 aromatic heterocycles. The highest BCUT2D eigenvalue weighted by atomic mass is 16.4. The topological polar surface area (TPSA) is 179 Å². The summed E-state index contributed by atoms with van der Waals surface area (Å²) in [6.45, 7) is 7.76. The van der Waals surface area contributed by atoms with Crippen LogP contribution in [0.2, 0.25) is 0 Å². The highest BCUT2D eigenvalue weighted by Gasteiger charge is 2.34. The van der Waals surface area contributed by atoms with Gasteiger partial charge in [0.05, 0.1) is 6.67 Å². The fourth-order valence-electron chi connectivity index (χ4n) is 5.60. The van der Waals surface area contributed by atoms with Crippen LogP contribution < -0.4 is 5.32 Å². The Hall–Kier alpha value is -3.51. The van der Waals surface area contributed by atoms with E-state index in [1.807, 2.05) is 0 Å². The minimum absolute atomic E-state index is 0. The number of rotatable bonds is 10. The third-order valence-corrected chi connectivity index (χ3v) is 7.74. The number of carboxylic acid groups (broad SMARTS) is 2. The van der Waals surface area contributed by atoms with E-state index in [2.05, 4.69) is 29.0 Å². The molecule has 2 aliphatic carbocycles. The van der Waals surface area contributed by atoms with Gasteiger partial charge < -0.3 is 30.8 Å². The maximum absolute atomic E-state index is 13.9. The average Bonchev–Trinajstić information content (AvgIpc) is 2.96. The summed E-state index contributed by atoms with van der Waals surface area (Å²) in [4.78, 5) is 63.1. The third-order valence-electron chi connectivity index (χ3n) is 7.74. The van der Waals surface area contributed by atoms with Gasteiger partial charge in [-0.25, -0.2) is 9.59 Å². The number of carbonyl (C=O) groups excluding carboxylic acids is 3. The van der Waals surface area contributed by atoms with Crippen LogP contribution in [0.15, 0.2) is 24.3 Å². The summed E-state index contributed by atoms with van der Waals surface area (Å²) in [6.07, 6.45) is 11.6. The molecule has 0 atom stereocenters. The largest absolute Gasteiger partial charge is 0.473 e. The van der Waals surface area contributed by atoms with Crippen LogP contribution in [0, 0.1) is 0 Å². The van der Waals surface area contributed by atoms with E-state index in [0.717, 1.165) is 38.8 Å². The van der Waals surface area contributed by atoms with E-state index in [1.54, 1.807) is 29.2 Å². The number of benzene rings is 1. The SMILES string of the molecule is CCN(CC)CN(CC(=O)N(C1CCCCC1)C1CCCCC1)C(=O)c1ccc(NC(C)=O)cc1.O.O=C(O)C(=O)O. The zero-order valence-corrected chi connectivity index (χ0v) is 25.1. The molecule has 2 aliphatic rings. The molecule has 12 nitrogen and oxygen atoms in total. The number of hydrogen-bond acceptors (Lipinski definition) is 6. The average molecular weight is 593 g/mol. The first-order valence-corrected chi connectivity index (χ1v) is 14.7. The van der Waals surface area contributed by atoms with E-state index >= 15 is 0 Å². The van der Waals surface area contributed by atoms with E-state index in [-0.39, 0.29) is 29.7 Å². The molecule has 2 fully saturated rings. The Kier molecular flexibility index (Phi) is 16.4. The van der Waals surface area contributed by atoms with Crippen molar-refractivity contribution in [3.8, 4) is 0 Å². The molecule has 0 radical (unpaired) electrons. The molecule has 0 unspecified atom stereocenters. The van der Waals surface area contributed by atoms with Crippen molar-refractivity contribution in [2.24, 2.45) is 0 Å². The van der Waals surface area contributed by atoms with Gasteiger partial charge >= 0.3 is 11.9 Å². The molecule has 12 heteroatoms. The molecule has 3 amide bonds. The first-order chi connectivity index (χ1) is 19.6. The standard InChI is InChI=1S/C28H44N4O3.C2H2O4.H2O/c1-4-30(5-2)21-31(28(35)23-16-18-24(19-17-23)29-22(3)33)20-27(34)32(25-12-8-6-9-13-25)26-14-10-7-11-15-26;3-1(4)2(5)6;/h16-19,25-26H,4-15,20-21H2,1-3H3,(H,29,33);(H,3,4)(H,5,6);1H2. The van der Waals surface area contributed by atoms with Gasteiger partial charge in [-0.3, -0.25) is 19.3 Å². The summed E-state index contributed by atoms with van der Waals surface area (Å²) in [5.74, 6) is -3.85. The number of hydrogen-bond donors (Lipinski definition) is 3. The molecular weight excluding hydrogens is 544 g/mol. The number of anilines is 1. The van der Waals surface area contributed by atoms with E-state index < -0.39 is 11.9 Å². The zero-order chi connectivity index (χ0) is 30.4. The van der Waals surface area contributed by atoms with Crippen LogP contribution in [0.25, 0.3) is 0 Å². The fraction of sp³-hybridized carbons (Fsp3) is 0.633. The lowest BCUT2D eigenvalue weighted by Gasteiger charge is -2.43. The minimum atomic E-state index is -1.82. The number of carboxylic acids is 2. The van der Waals surface area contributed by atoms with Crippen molar-refractivity contribution in [3.05, 3.63) is 29.8 Å². The Morgan fingerprint density at radius 1 is 0.786 bits per heavy atom. The number of amides is 3. The first-order valence-electron chi connectivity index (χ1n) is 14.7. The Labute approximate surface area is 248 Å². The maximum atomic E-state index is 13.9. The predicted molar refractivity (Wildman–Crippen MR) is 159 cm³/mol. The number of aliphatic carboxylic acids is 2. The zero-order valence-electron chi connectivity index (χ0n) is 25.1. The van der Waals surface area contributed by atoms with Crippen molar-refractivity contribution >= 4 is 35.3 Å². The van der Waals surface area contributed by atoms with E-state index in [1.165, 1.54) is 45.4 Å². The van der Waals surface area contributed by atoms with Crippen molar-refractivity contribution in [1.82, 2.24) is 14.7 Å². The lowest BCUT2D eigenvalue weighted by atomic mass is 9.88. The summed E-state index contributed by atoms with van der Waals surface area (Å²) in [5, 5.41) is 17.5. The van der Waals surface area contributed by atoms with Gasteiger partial charge in [-0.2, -0.15) is 0 Å². The Balaban J connectivity index is 0.00000114. The molecule has 0 bridgehead atoms. The van der Waals surface area contributed by atoms with E-state index in [4.69, 9.17) is 19.8 Å². The summed E-state index contributed by atoms with van der Waals surface area (Å²) >= 11 is 0. The second-order valence-corrected chi connectivity index (χ2v) is 10.7. The van der Waals surface area contributed by atoms with Crippen LogP contribution >= 0.6 is 0 Å². The molecule has 0 aliphatic heterocycles. The van der Waals surface area contributed by atoms with Gasteiger partial charge in [-0.15, -0.1) is 0 Å². The highest BCUT2D eigenvalue weighted by Crippen LogP contribution is 2.30. The van der Waals surface area contributed by atoms with Gasteiger partial charge in [0.25, 0.3) is 5.91 Å².